The number of methoxy groups -OCH3 is 1. The number of H-pyrrole nitrogens is 1. The molecule has 4 nitrogen and oxygen atoms in total. The number of rotatable bonds is 8. The van der Waals surface area contributed by atoms with Crippen molar-refractivity contribution in [3.63, 3.8) is 0 Å². The average molecular weight is 402 g/mol. The molecule has 0 spiro atoms. The third-order valence-electron chi connectivity index (χ3n) is 6.22. The maximum atomic E-state index is 5.79. The van der Waals surface area contributed by atoms with E-state index in [4.69, 9.17) is 10.5 Å². The molecule has 30 heavy (non-hydrogen) atoms. The molecule has 1 unspecified atom stereocenters. The lowest BCUT2D eigenvalue weighted by molar-refractivity contribution is 0.419. The van der Waals surface area contributed by atoms with Crippen molar-refractivity contribution in [2.75, 3.05) is 13.7 Å². The number of ether oxygens (including phenoxy) is 1. The van der Waals surface area contributed by atoms with E-state index in [9.17, 15) is 0 Å². The minimum absolute atomic E-state index is 0.506. The number of hydrogen-bond donors (Lipinski definition) is 2. The predicted octanol–water partition coefficient (Wildman–Crippen LogP) is 6.19. The second kappa shape index (κ2) is 8.88. The molecule has 2 aromatic carbocycles. The summed E-state index contributed by atoms with van der Waals surface area (Å²) in [6, 6.07) is 15.0. The van der Waals surface area contributed by atoms with Crippen molar-refractivity contribution in [2.45, 2.75) is 45.4 Å². The number of nitrogens with zero attached hydrogens (tertiary/aromatic N) is 1. The van der Waals surface area contributed by atoms with Crippen LogP contribution in [0.4, 0.5) is 0 Å². The fourth-order valence-corrected chi connectivity index (χ4v) is 4.39. The fourth-order valence-electron chi connectivity index (χ4n) is 4.39. The van der Waals surface area contributed by atoms with Crippen LogP contribution in [0.15, 0.2) is 48.7 Å². The maximum Gasteiger partial charge on any atom is 0.145 e. The lowest BCUT2D eigenvalue weighted by Gasteiger charge is -2.11. The Morgan fingerprint density at radius 1 is 1.07 bits per heavy atom. The highest BCUT2D eigenvalue weighted by Crippen LogP contribution is 2.39. The third kappa shape index (κ3) is 3.56. The van der Waals surface area contributed by atoms with E-state index in [1.54, 1.807) is 7.11 Å². The van der Waals surface area contributed by atoms with Crippen LogP contribution in [-0.2, 0) is 6.42 Å². The van der Waals surface area contributed by atoms with E-state index < -0.39 is 0 Å². The molecule has 2 heterocycles. The second-order valence-electron chi connectivity index (χ2n) is 8.02. The molecule has 3 N–H and O–H groups in total. The SMILES string of the molecule is CCC(C)c1cccc2c(CCCCN)c(-c3ccc(OC)c4ncccc34)[nH]c12. The van der Waals surface area contributed by atoms with Crippen molar-refractivity contribution >= 4 is 21.8 Å². The lowest BCUT2D eigenvalue weighted by atomic mass is 9.94. The standard InChI is InChI=1S/C26H31N3O/c1-4-17(2)18-10-7-11-20-19(9-5-6-15-27)25(29-24(18)20)22-13-14-23(30-3)26-21(22)12-8-16-28-26/h7-8,10-14,16-17,29H,4-6,9,15,27H2,1-3H3. The van der Waals surface area contributed by atoms with Crippen molar-refractivity contribution in [3.05, 3.63) is 59.8 Å². The third-order valence-corrected chi connectivity index (χ3v) is 6.22. The van der Waals surface area contributed by atoms with Gasteiger partial charge in [-0.05, 0) is 67.5 Å². The van der Waals surface area contributed by atoms with E-state index in [0.717, 1.165) is 48.9 Å². The van der Waals surface area contributed by atoms with Gasteiger partial charge in [0.15, 0.2) is 0 Å². The summed E-state index contributed by atoms with van der Waals surface area (Å²) in [7, 11) is 1.70. The van der Waals surface area contributed by atoms with Crippen LogP contribution in [-0.4, -0.2) is 23.6 Å². The molecule has 0 radical (unpaired) electrons. The molecule has 0 fully saturated rings. The number of nitrogens with two attached hydrogens (primary N) is 1. The van der Waals surface area contributed by atoms with Gasteiger partial charge in [-0.15, -0.1) is 0 Å². The van der Waals surface area contributed by atoms with Crippen LogP contribution in [0.3, 0.4) is 0 Å². The van der Waals surface area contributed by atoms with E-state index in [0.29, 0.717) is 5.92 Å². The number of pyridine rings is 1. The molecule has 0 aliphatic heterocycles. The predicted molar refractivity (Wildman–Crippen MR) is 126 cm³/mol. The highest BCUT2D eigenvalue weighted by Gasteiger charge is 2.19. The zero-order chi connectivity index (χ0) is 21.1. The van der Waals surface area contributed by atoms with Crippen molar-refractivity contribution in [1.82, 2.24) is 9.97 Å². The molecule has 1 atom stereocenters. The minimum Gasteiger partial charge on any atom is -0.494 e. The number of fused-ring (bicyclic) bond motifs is 2. The molecule has 0 saturated carbocycles. The number of hydrogen-bond acceptors (Lipinski definition) is 3. The molecular formula is C26H31N3O. The molecule has 156 valence electrons. The Balaban J connectivity index is 1.98. The zero-order valence-electron chi connectivity index (χ0n) is 18.2. The summed E-state index contributed by atoms with van der Waals surface area (Å²) in [6.45, 7) is 5.28. The van der Waals surface area contributed by atoms with Gasteiger partial charge in [0.25, 0.3) is 0 Å². The normalized spacial score (nSPS) is 12.5. The quantitative estimate of drug-likeness (QED) is 0.346. The highest BCUT2D eigenvalue weighted by molar-refractivity contribution is 6.02. The number of benzene rings is 2. The van der Waals surface area contributed by atoms with Gasteiger partial charge in [0.2, 0.25) is 0 Å². The molecule has 0 aliphatic rings. The van der Waals surface area contributed by atoms with Crippen LogP contribution in [0.2, 0.25) is 0 Å². The van der Waals surface area contributed by atoms with Gasteiger partial charge in [0.1, 0.15) is 11.3 Å². The highest BCUT2D eigenvalue weighted by atomic mass is 16.5. The molecule has 4 heteroatoms. The number of para-hydroxylation sites is 1. The Morgan fingerprint density at radius 3 is 2.67 bits per heavy atom. The summed E-state index contributed by atoms with van der Waals surface area (Å²) >= 11 is 0. The summed E-state index contributed by atoms with van der Waals surface area (Å²) in [5.74, 6) is 1.31. The fraction of sp³-hybridized carbons (Fsp3) is 0.346. The number of unbranched alkanes of at least 4 members (excludes halogenated alkanes) is 1. The van der Waals surface area contributed by atoms with Crippen LogP contribution in [0.5, 0.6) is 5.75 Å². The Kier molecular flexibility index (Phi) is 6.05. The molecule has 0 saturated heterocycles. The zero-order valence-corrected chi connectivity index (χ0v) is 18.2. The van der Waals surface area contributed by atoms with Gasteiger partial charge in [-0.25, -0.2) is 0 Å². The molecule has 0 aliphatic carbocycles. The van der Waals surface area contributed by atoms with Gasteiger partial charge in [0.05, 0.1) is 12.8 Å². The van der Waals surface area contributed by atoms with Crippen molar-refractivity contribution in [3.8, 4) is 17.0 Å². The van der Waals surface area contributed by atoms with Crippen LogP contribution in [0.1, 0.15) is 50.2 Å². The number of aromatic nitrogens is 2. The van der Waals surface area contributed by atoms with Gasteiger partial charge in [-0.3, -0.25) is 4.98 Å². The minimum atomic E-state index is 0.506. The van der Waals surface area contributed by atoms with Crippen molar-refractivity contribution < 1.29 is 4.74 Å². The first kappa shape index (κ1) is 20.4. The first-order chi connectivity index (χ1) is 14.7. The second-order valence-corrected chi connectivity index (χ2v) is 8.02. The van der Waals surface area contributed by atoms with Crippen LogP contribution in [0, 0.1) is 0 Å². The number of aromatic amines is 1. The molecule has 4 aromatic rings. The number of aryl methyl sites for hydroxylation is 1. The van der Waals surface area contributed by atoms with Gasteiger partial charge in [-0.2, -0.15) is 0 Å². The summed E-state index contributed by atoms with van der Waals surface area (Å²) in [4.78, 5) is 8.42. The first-order valence-electron chi connectivity index (χ1n) is 10.9. The largest absolute Gasteiger partial charge is 0.494 e. The van der Waals surface area contributed by atoms with Crippen molar-refractivity contribution in [1.29, 1.82) is 0 Å². The van der Waals surface area contributed by atoms with Crippen LogP contribution in [0.25, 0.3) is 33.1 Å². The van der Waals surface area contributed by atoms with E-state index in [1.165, 1.54) is 33.3 Å². The van der Waals surface area contributed by atoms with E-state index in [2.05, 4.69) is 54.1 Å². The van der Waals surface area contributed by atoms with E-state index >= 15 is 0 Å². The smallest absolute Gasteiger partial charge is 0.145 e. The Bertz CT molecular complexity index is 1160. The van der Waals surface area contributed by atoms with Crippen molar-refractivity contribution in [2.24, 2.45) is 5.73 Å². The summed E-state index contributed by atoms with van der Waals surface area (Å²) < 4.78 is 5.57. The molecule has 4 rings (SSSR count). The monoisotopic (exact) mass is 401 g/mol. The Labute approximate surface area is 178 Å². The summed E-state index contributed by atoms with van der Waals surface area (Å²) in [5.41, 5.74) is 13.1. The van der Waals surface area contributed by atoms with Gasteiger partial charge in [0, 0.05) is 28.0 Å². The van der Waals surface area contributed by atoms with E-state index in [1.807, 2.05) is 18.3 Å². The Morgan fingerprint density at radius 2 is 1.90 bits per heavy atom. The maximum absolute atomic E-state index is 5.79. The van der Waals surface area contributed by atoms with Crippen LogP contribution >= 0.6 is 0 Å². The molecule has 0 bridgehead atoms. The number of nitrogens with one attached hydrogen (secondary N) is 1. The Hall–Kier alpha value is -2.85. The van der Waals surface area contributed by atoms with Gasteiger partial charge >= 0.3 is 0 Å². The first-order valence-corrected chi connectivity index (χ1v) is 10.9. The van der Waals surface area contributed by atoms with Crippen LogP contribution < -0.4 is 10.5 Å². The van der Waals surface area contributed by atoms with Gasteiger partial charge in [-0.1, -0.05) is 38.1 Å². The summed E-state index contributed by atoms with van der Waals surface area (Å²) in [6.07, 6.45) is 6.05. The lowest BCUT2D eigenvalue weighted by Crippen LogP contribution is -1.99. The van der Waals surface area contributed by atoms with Gasteiger partial charge < -0.3 is 15.5 Å². The summed E-state index contributed by atoms with van der Waals surface area (Å²) in [5, 5.41) is 2.43. The molecule has 2 aromatic heterocycles. The molecule has 0 amide bonds. The molecular weight excluding hydrogens is 370 g/mol. The average Bonchev–Trinajstić information content (AvgIpc) is 3.16. The topological polar surface area (TPSA) is 63.9 Å². The van der Waals surface area contributed by atoms with E-state index in [-0.39, 0.29) is 0 Å².